The molecule has 5 nitrogen and oxygen atoms in total. The van der Waals surface area contributed by atoms with E-state index in [-0.39, 0.29) is 12.3 Å². The second-order valence-corrected chi connectivity index (χ2v) is 4.95. The molecule has 0 aromatic heterocycles. The Balaban J connectivity index is 2.34. The lowest BCUT2D eigenvalue weighted by Gasteiger charge is -2.33. The van der Waals surface area contributed by atoms with Gasteiger partial charge in [-0.25, -0.2) is 4.79 Å². The van der Waals surface area contributed by atoms with E-state index in [1.54, 1.807) is 6.92 Å². The van der Waals surface area contributed by atoms with Crippen molar-refractivity contribution < 1.29 is 27.5 Å². The lowest BCUT2D eigenvalue weighted by Crippen LogP contribution is -2.51. The van der Waals surface area contributed by atoms with Crippen molar-refractivity contribution in [2.45, 2.75) is 19.1 Å². The number of rotatable bonds is 3. The minimum atomic E-state index is -4.46. The van der Waals surface area contributed by atoms with Crippen LogP contribution in [0.5, 0.6) is 0 Å². The van der Waals surface area contributed by atoms with Crippen molar-refractivity contribution in [3.8, 4) is 0 Å². The van der Waals surface area contributed by atoms with Crippen molar-refractivity contribution in [2.75, 3.05) is 6.61 Å². The van der Waals surface area contributed by atoms with Crippen LogP contribution in [0.3, 0.4) is 0 Å². The lowest BCUT2D eigenvalue weighted by atomic mass is 9.88. The minimum Gasteiger partial charge on any atom is -0.465 e. The van der Waals surface area contributed by atoms with Gasteiger partial charge < -0.3 is 15.4 Å². The van der Waals surface area contributed by atoms with Gasteiger partial charge >= 0.3 is 18.2 Å². The van der Waals surface area contributed by atoms with Crippen LogP contribution in [0.25, 0.3) is 0 Å². The maximum Gasteiger partial charge on any atom is 0.416 e. The quantitative estimate of drug-likeness (QED) is 0.839. The van der Waals surface area contributed by atoms with Gasteiger partial charge in [0.1, 0.15) is 5.92 Å². The number of benzene rings is 1. The molecule has 1 aromatic carbocycles. The number of nitrogens with one attached hydrogen (secondary N) is 2. The molecule has 2 unspecified atom stereocenters. The summed E-state index contributed by atoms with van der Waals surface area (Å²) >= 11 is 0. The van der Waals surface area contributed by atoms with Gasteiger partial charge in [0, 0.05) is 5.70 Å². The molecule has 0 saturated carbocycles. The summed E-state index contributed by atoms with van der Waals surface area (Å²) in [6, 6.07) is 2.80. The van der Waals surface area contributed by atoms with E-state index in [2.05, 4.69) is 17.2 Å². The standard InChI is InChI=1S/C15H15F3N2O3/c1-3-23-13(21)11-8(2)19-14(22)20-12(11)9-4-6-10(7-5-9)15(16,17)18/h4-7,11-12H,2-3H2,1H3,(H2,19,20,22). The third kappa shape index (κ3) is 3.64. The largest absolute Gasteiger partial charge is 0.465 e. The number of carbonyl (C=O) groups is 2. The Morgan fingerprint density at radius 3 is 2.43 bits per heavy atom. The van der Waals surface area contributed by atoms with E-state index < -0.39 is 35.7 Å². The van der Waals surface area contributed by atoms with Crippen molar-refractivity contribution in [1.29, 1.82) is 0 Å². The third-order valence-electron chi connectivity index (χ3n) is 3.41. The Labute approximate surface area is 130 Å². The van der Waals surface area contributed by atoms with Crippen molar-refractivity contribution in [3.63, 3.8) is 0 Å². The number of urea groups is 1. The van der Waals surface area contributed by atoms with Crippen molar-refractivity contribution in [2.24, 2.45) is 5.92 Å². The molecule has 2 atom stereocenters. The summed E-state index contributed by atoms with van der Waals surface area (Å²) in [4.78, 5) is 23.7. The molecule has 2 rings (SSSR count). The monoisotopic (exact) mass is 328 g/mol. The maximum atomic E-state index is 12.6. The molecule has 1 fully saturated rings. The van der Waals surface area contributed by atoms with Gasteiger partial charge in [0.05, 0.1) is 18.2 Å². The summed E-state index contributed by atoms with van der Waals surface area (Å²) < 4.78 is 42.8. The molecular formula is C15H15F3N2O3. The molecule has 0 bridgehead atoms. The van der Waals surface area contributed by atoms with Crippen LogP contribution in [0.4, 0.5) is 18.0 Å². The van der Waals surface area contributed by atoms with Gasteiger partial charge in [-0.2, -0.15) is 13.2 Å². The molecule has 1 heterocycles. The molecule has 1 aliphatic rings. The van der Waals surface area contributed by atoms with Gasteiger partial charge in [-0.1, -0.05) is 18.7 Å². The number of alkyl halides is 3. The van der Waals surface area contributed by atoms with Crippen LogP contribution >= 0.6 is 0 Å². The summed E-state index contributed by atoms with van der Waals surface area (Å²) in [5.74, 6) is -1.54. The summed E-state index contributed by atoms with van der Waals surface area (Å²) in [5.41, 5.74) is -0.322. The SMILES string of the molecule is C=C1NC(=O)NC(c2ccc(C(F)(F)F)cc2)C1C(=O)OCC. The number of hydrogen-bond acceptors (Lipinski definition) is 3. The Bertz CT molecular complexity index is 626. The first-order chi connectivity index (χ1) is 10.7. The van der Waals surface area contributed by atoms with Gasteiger partial charge in [-0.05, 0) is 24.6 Å². The molecule has 1 aliphatic heterocycles. The minimum absolute atomic E-state index is 0.135. The van der Waals surface area contributed by atoms with E-state index in [0.29, 0.717) is 5.56 Å². The second-order valence-electron chi connectivity index (χ2n) is 4.95. The third-order valence-corrected chi connectivity index (χ3v) is 3.41. The highest BCUT2D eigenvalue weighted by molar-refractivity contribution is 5.85. The van der Waals surface area contributed by atoms with E-state index in [1.165, 1.54) is 12.1 Å². The summed E-state index contributed by atoms with van der Waals surface area (Å²) in [6.45, 7) is 5.39. The van der Waals surface area contributed by atoms with Crippen LogP contribution in [-0.2, 0) is 15.7 Å². The van der Waals surface area contributed by atoms with Crippen molar-refractivity contribution in [1.82, 2.24) is 10.6 Å². The van der Waals surface area contributed by atoms with E-state index >= 15 is 0 Å². The van der Waals surface area contributed by atoms with Crippen LogP contribution in [0.15, 0.2) is 36.5 Å². The van der Waals surface area contributed by atoms with Crippen molar-refractivity contribution in [3.05, 3.63) is 47.7 Å². The first-order valence-corrected chi connectivity index (χ1v) is 6.84. The fourth-order valence-electron chi connectivity index (χ4n) is 2.35. The zero-order valence-corrected chi connectivity index (χ0v) is 12.2. The van der Waals surface area contributed by atoms with Gasteiger partial charge in [-0.3, -0.25) is 4.79 Å². The highest BCUT2D eigenvalue weighted by atomic mass is 19.4. The number of hydrogen-bond donors (Lipinski definition) is 2. The number of ether oxygens (including phenoxy) is 1. The van der Waals surface area contributed by atoms with Crippen LogP contribution in [0, 0.1) is 5.92 Å². The smallest absolute Gasteiger partial charge is 0.416 e. The highest BCUT2D eigenvalue weighted by Crippen LogP contribution is 2.33. The molecule has 2 amide bonds. The number of halogens is 3. The Morgan fingerprint density at radius 2 is 1.91 bits per heavy atom. The summed E-state index contributed by atoms with van der Waals surface area (Å²) in [7, 11) is 0. The lowest BCUT2D eigenvalue weighted by molar-refractivity contribution is -0.148. The first kappa shape index (κ1) is 16.9. The number of carbonyl (C=O) groups excluding carboxylic acids is 2. The Kier molecular flexibility index (Phi) is 4.63. The highest BCUT2D eigenvalue weighted by Gasteiger charge is 2.39. The maximum absolute atomic E-state index is 12.6. The molecule has 8 heteroatoms. The first-order valence-electron chi connectivity index (χ1n) is 6.84. The summed E-state index contributed by atoms with van der Waals surface area (Å²) in [6.07, 6.45) is -4.46. The fourth-order valence-corrected chi connectivity index (χ4v) is 2.35. The van der Waals surface area contributed by atoms with Gasteiger partial charge in [0.2, 0.25) is 0 Å². The predicted molar refractivity (Wildman–Crippen MR) is 75.1 cm³/mol. The topological polar surface area (TPSA) is 67.4 Å². The zero-order chi connectivity index (χ0) is 17.2. The number of amides is 2. The second kappa shape index (κ2) is 6.31. The van der Waals surface area contributed by atoms with Crippen LogP contribution < -0.4 is 10.6 Å². The average molecular weight is 328 g/mol. The predicted octanol–water partition coefficient (Wildman–Crippen LogP) is 2.75. The normalized spacial score (nSPS) is 21.4. The van der Waals surface area contributed by atoms with Crippen LogP contribution in [-0.4, -0.2) is 18.6 Å². The molecule has 0 spiro atoms. The fraction of sp³-hybridized carbons (Fsp3) is 0.333. The van der Waals surface area contributed by atoms with Crippen LogP contribution in [0.1, 0.15) is 24.1 Å². The zero-order valence-electron chi connectivity index (χ0n) is 12.2. The molecule has 0 aliphatic carbocycles. The Hall–Kier alpha value is -2.51. The molecule has 23 heavy (non-hydrogen) atoms. The molecular weight excluding hydrogens is 313 g/mol. The van der Waals surface area contributed by atoms with Crippen molar-refractivity contribution >= 4 is 12.0 Å². The van der Waals surface area contributed by atoms with E-state index in [0.717, 1.165) is 12.1 Å². The summed E-state index contributed by atoms with van der Waals surface area (Å²) in [5, 5.41) is 4.90. The van der Waals surface area contributed by atoms with Gasteiger partial charge in [-0.15, -0.1) is 0 Å². The molecule has 2 N–H and O–H groups in total. The Morgan fingerprint density at radius 1 is 1.30 bits per heavy atom. The molecule has 0 radical (unpaired) electrons. The molecule has 1 aromatic rings. The molecule has 1 saturated heterocycles. The van der Waals surface area contributed by atoms with Gasteiger partial charge in [0.15, 0.2) is 0 Å². The van der Waals surface area contributed by atoms with E-state index in [9.17, 15) is 22.8 Å². The number of esters is 1. The molecule has 124 valence electrons. The van der Waals surface area contributed by atoms with E-state index in [4.69, 9.17) is 4.74 Å². The van der Waals surface area contributed by atoms with Gasteiger partial charge in [0.25, 0.3) is 0 Å². The average Bonchev–Trinajstić information content (AvgIpc) is 2.45. The van der Waals surface area contributed by atoms with E-state index in [1.807, 2.05) is 0 Å². The van der Waals surface area contributed by atoms with Crippen LogP contribution in [0.2, 0.25) is 0 Å².